The van der Waals surface area contributed by atoms with Gasteiger partial charge in [-0.1, -0.05) is 369 Å². The van der Waals surface area contributed by atoms with Gasteiger partial charge in [-0.15, -0.1) is 0 Å². The molecule has 1 saturated heterocycles. The highest BCUT2D eigenvalue weighted by Gasteiger charge is 2.44. The molecule has 88 heavy (non-hydrogen) atoms. The van der Waals surface area contributed by atoms with E-state index in [1.807, 2.05) is 6.08 Å². The number of hydrogen-bond acceptors (Lipinski definition) is 8. The molecule has 0 aromatic carbocycles. The number of carbonyl (C=O) groups is 1. The fourth-order valence-electron chi connectivity index (χ4n) is 12.1. The lowest BCUT2D eigenvalue weighted by Gasteiger charge is -2.40. The van der Waals surface area contributed by atoms with Crippen molar-refractivity contribution in [3.05, 3.63) is 72.9 Å². The smallest absolute Gasteiger partial charge is 0.220 e. The van der Waals surface area contributed by atoms with Gasteiger partial charge < -0.3 is 40.3 Å². The summed E-state index contributed by atoms with van der Waals surface area (Å²) in [4.78, 5) is 13.2. The number of rotatable bonds is 67. The monoisotopic (exact) mass is 1240 g/mol. The minimum absolute atomic E-state index is 0.171. The van der Waals surface area contributed by atoms with Crippen LogP contribution in [-0.4, -0.2) is 87.5 Å². The molecule has 9 nitrogen and oxygen atoms in total. The van der Waals surface area contributed by atoms with Gasteiger partial charge in [-0.3, -0.25) is 4.79 Å². The Bertz CT molecular complexity index is 1620. The van der Waals surface area contributed by atoms with E-state index in [0.717, 1.165) is 70.6 Å². The molecule has 1 rings (SSSR count). The first-order chi connectivity index (χ1) is 43.3. The molecule has 9 heteroatoms. The van der Waals surface area contributed by atoms with Crippen LogP contribution >= 0.6 is 0 Å². The van der Waals surface area contributed by atoms with Crippen LogP contribution in [0.5, 0.6) is 0 Å². The summed E-state index contributed by atoms with van der Waals surface area (Å²) in [6.45, 7) is 3.72. The van der Waals surface area contributed by atoms with Crippen LogP contribution < -0.4 is 5.32 Å². The summed E-state index contributed by atoms with van der Waals surface area (Å²) in [7, 11) is 0. The third-order valence-electron chi connectivity index (χ3n) is 18.0. The van der Waals surface area contributed by atoms with Gasteiger partial charge in [0.15, 0.2) is 6.29 Å². The number of ether oxygens (including phenoxy) is 2. The number of aliphatic hydroxyl groups excluding tert-OH is 5. The zero-order chi connectivity index (χ0) is 63.5. The van der Waals surface area contributed by atoms with Crippen molar-refractivity contribution < 1.29 is 39.8 Å². The first-order valence-corrected chi connectivity index (χ1v) is 38.2. The van der Waals surface area contributed by atoms with E-state index in [1.165, 1.54) is 276 Å². The molecular formula is C79H145NO8. The standard InChI is InChI=1S/C79H145NO8/c1-3-5-7-9-11-13-15-17-19-21-23-25-27-29-31-33-35-36-37-38-39-41-43-45-47-49-51-53-55-57-59-61-63-65-67-69-75(83)80-72(71-87-79-78(86)77(85)76(84)74(70-81)88-79)73(82)68-66-64-62-60-58-56-54-52-50-48-46-44-42-40-34-32-30-28-26-24-22-20-18-16-14-12-10-8-6-4-2/h5,7,11,13,17,19,23,25,29,31,66,68,72-74,76-79,81-82,84-86H,3-4,6,8-10,12,14-16,18,20-22,24,26-28,30,32-65,67,69-71H2,1-2H3,(H,80,83)/b7-5-,13-11-,19-17-,25-23-,31-29-,68-66+. The van der Waals surface area contributed by atoms with E-state index in [2.05, 4.69) is 79.9 Å². The van der Waals surface area contributed by atoms with Crippen molar-refractivity contribution in [2.75, 3.05) is 13.2 Å². The minimum atomic E-state index is -1.57. The van der Waals surface area contributed by atoms with Gasteiger partial charge >= 0.3 is 0 Å². The molecule has 514 valence electrons. The zero-order valence-corrected chi connectivity index (χ0v) is 57.7. The molecule has 1 amide bonds. The van der Waals surface area contributed by atoms with Gasteiger partial charge in [0.2, 0.25) is 5.91 Å². The Hall–Kier alpha value is -2.37. The molecule has 0 bridgehead atoms. The normalized spacial score (nSPS) is 18.3. The van der Waals surface area contributed by atoms with E-state index in [1.54, 1.807) is 6.08 Å². The summed E-state index contributed by atoms with van der Waals surface area (Å²) >= 11 is 0. The molecule has 1 aliphatic rings. The van der Waals surface area contributed by atoms with E-state index < -0.39 is 49.5 Å². The molecule has 0 spiro atoms. The molecule has 1 fully saturated rings. The maximum Gasteiger partial charge on any atom is 0.220 e. The number of nitrogens with one attached hydrogen (secondary N) is 1. The van der Waals surface area contributed by atoms with E-state index >= 15 is 0 Å². The minimum Gasteiger partial charge on any atom is -0.394 e. The second-order valence-corrected chi connectivity index (χ2v) is 26.4. The summed E-state index contributed by atoms with van der Waals surface area (Å²) < 4.78 is 11.3. The Labute approximate surface area is 544 Å². The summed E-state index contributed by atoms with van der Waals surface area (Å²) in [5.41, 5.74) is 0. The van der Waals surface area contributed by atoms with Gasteiger partial charge in [0, 0.05) is 6.42 Å². The lowest BCUT2D eigenvalue weighted by Crippen LogP contribution is -2.60. The van der Waals surface area contributed by atoms with Crippen LogP contribution in [-0.2, 0) is 14.3 Å². The Balaban J connectivity index is 2.09. The molecule has 0 aromatic rings. The average molecular weight is 1240 g/mol. The molecule has 0 saturated carbocycles. The van der Waals surface area contributed by atoms with Crippen molar-refractivity contribution in [2.24, 2.45) is 0 Å². The predicted molar refractivity (Wildman–Crippen MR) is 378 cm³/mol. The van der Waals surface area contributed by atoms with Crippen LogP contribution in [0.2, 0.25) is 0 Å². The zero-order valence-electron chi connectivity index (χ0n) is 57.7. The molecule has 1 heterocycles. The Kier molecular flexibility index (Phi) is 64.2. The predicted octanol–water partition coefficient (Wildman–Crippen LogP) is 21.5. The van der Waals surface area contributed by atoms with E-state index in [4.69, 9.17) is 9.47 Å². The third kappa shape index (κ3) is 55.3. The van der Waals surface area contributed by atoms with Crippen LogP contribution in [0.25, 0.3) is 0 Å². The second kappa shape index (κ2) is 67.5. The van der Waals surface area contributed by atoms with Gasteiger partial charge in [0.1, 0.15) is 24.4 Å². The SMILES string of the molecule is CC/C=C\C/C=C\C/C=C\C/C=C\C/C=C\CCCCCCCCCCCCCCCCCCCCCC(=O)NC(COC1OC(CO)C(O)C(O)C1O)C(O)/C=C/CCCCCCCCCCCCCCCCCCCCCCCCCCCCCC. The van der Waals surface area contributed by atoms with Crippen LogP contribution in [0.4, 0.5) is 0 Å². The summed E-state index contributed by atoms with van der Waals surface area (Å²) in [6.07, 6.45) is 88.9. The lowest BCUT2D eigenvalue weighted by molar-refractivity contribution is -0.302. The van der Waals surface area contributed by atoms with Crippen molar-refractivity contribution in [3.63, 3.8) is 0 Å². The maximum atomic E-state index is 13.2. The average Bonchev–Trinajstić information content (AvgIpc) is 3.65. The van der Waals surface area contributed by atoms with Crippen LogP contribution in [0, 0.1) is 0 Å². The maximum absolute atomic E-state index is 13.2. The van der Waals surface area contributed by atoms with Crippen LogP contribution in [0.15, 0.2) is 72.9 Å². The van der Waals surface area contributed by atoms with Crippen molar-refractivity contribution in [1.82, 2.24) is 5.32 Å². The summed E-state index contributed by atoms with van der Waals surface area (Å²) in [6, 6.07) is -0.808. The van der Waals surface area contributed by atoms with Gasteiger partial charge in [-0.25, -0.2) is 0 Å². The number of carbonyl (C=O) groups excluding carboxylic acids is 1. The largest absolute Gasteiger partial charge is 0.394 e. The highest BCUT2D eigenvalue weighted by molar-refractivity contribution is 5.76. The number of aliphatic hydroxyl groups is 5. The quantitative estimate of drug-likeness (QED) is 0.0261. The fraction of sp³-hybridized carbons (Fsp3) is 0.835. The molecule has 0 radical (unpaired) electrons. The first-order valence-electron chi connectivity index (χ1n) is 38.2. The van der Waals surface area contributed by atoms with Gasteiger partial charge in [0.25, 0.3) is 0 Å². The lowest BCUT2D eigenvalue weighted by atomic mass is 9.99. The van der Waals surface area contributed by atoms with Gasteiger partial charge in [-0.2, -0.15) is 0 Å². The Morgan fingerprint density at radius 3 is 1.05 bits per heavy atom. The molecule has 0 aromatic heterocycles. The summed E-state index contributed by atoms with van der Waals surface area (Å²) in [5.74, 6) is -0.171. The van der Waals surface area contributed by atoms with Crippen molar-refractivity contribution >= 4 is 5.91 Å². The van der Waals surface area contributed by atoms with Crippen molar-refractivity contribution in [3.8, 4) is 0 Å². The summed E-state index contributed by atoms with van der Waals surface area (Å²) in [5, 5.41) is 54.9. The highest BCUT2D eigenvalue weighted by Crippen LogP contribution is 2.24. The molecule has 6 N–H and O–H groups in total. The Morgan fingerprint density at radius 2 is 0.705 bits per heavy atom. The molecule has 1 aliphatic heterocycles. The van der Waals surface area contributed by atoms with E-state index in [9.17, 15) is 30.3 Å². The second-order valence-electron chi connectivity index (χ2n) is 26.4. The fourth-order valence-corrected chi connectivity index (χ4v) is 12.1. The van der Waals surface area contributed by atoms with Crippen molar-refractivity contribution in [2.45, 2.75) is 410 Å². The number of amides is 1. The molecule has 7 atom stereocenters. The number of allylic oxidation sites excluding steroid dienone is 11. The molecular weight excluding hydrogens is 1090 g/mol. The number of unbranched alkanes of at least 4 members (excludes halogenated alkanes) is 47. The molecule has 0 aliphatic carbocycles. The van der Waals surface area contributed by atoms with Crippen LogP contribution in [0.3, 0.4) is 0 Å². The van der Waals surface area contributed by atoms with Crippen molar-refractivity contribution in [1.29, 1.82) is 0 Å². The topological polar surface area (TPSA) is 149 Å². The third-order valence-corrected chi connectivity index (χ3v) is 18.0. The van der Waals surface area contributed by atoms with E-state index in [0.29, 0.717) is 6.42 Å². The Morgan fingerprint density at radius 1 is 0.398 bits per heavy atom. The van der Waals surface area contributed by atoms with Crippen LogP contribution in [0.1, 0.15) is 367 Å². The highest BCUT2D eigenvalue weighted by atomic mass is 16.7. The first kappa shape index (κ1) is 83.6. The van der Waals surface area contributed by atoms with Gasteiger partial charge in [0.05, 0.1) is 25.4 Å². The van der Waals surface area contributed by atoms with Gasteiger partial charge in [-0.05, 0) is 64.2 Å². The molecule has 7 unspecified atom stereocenters. The van der Waals surface area contributed by atoms with E-state index in [-0.39, 0.29) is 12.5 Å². The number of hydrogen-bond donors (Lipinski definition) is 6.